The van der Waals surface area contributed by atoms with Crippen molar-refractivity contribution in [3.05, 3.63) is 47.0 Å². The first-order chi connectivity index (χ1) is 16.7. The molecule has 0 bridgehead atoms. The lowest BCUT2D eigenvalue weighted by Crippen LogP contribution is -2.38. The molecule has 0 saturated heterocycles. The topological polar surface area (TPSA) is 79.8 Å². The van der Waals surface area contributed by atoms with Crippen molar-refractivity contribution in [3.63, 3.8) is 0 Å². The summed E-state index contributed by atoms with van der Waals surface area (Å²) in [5.74, 6) is 0.336. The molecule has 36 heavy (non-hydrogen) atoms. The Hall–Kier alpha value is -1.91. The molecule has 2 aromatic carbocycles. The Labute approximate surface area is 228 Å². The van der Waals surface area contributed by atoms with Crippen molar-refractivity contribution in [2.45, 2.75) is 38.5 Å². The summed E-state index contributed by atoms with van der Waals surface area (Å²) >= 11 is 7.73. The van der Waals surface area contributed by atoms with E-state index in [9.17, 15) is 13.2 Å². The van der Waals surface area contributed by atoms with Gasteiger partial charge in [-0.05, 0) is 50.7 Å². The lowest BCUT2D eigenvalue weighted by molar-refractivity contribution is -0.118. The SMILES string of the molecule is CCN(CC)CCN(C(=O)CCCS(=O)(=O)c1ccc(C)cc1)c1nc2c(OC)ccc(Cl)c2s1.Cl. The third-order valence-electron chi connectivity index (χ3n) is 5.92. The van der Waals surface area contributed by atoms with Gasteiger partial charge < -0.3 is 9.64 Å². The van der Waals surface area contributed by atoms with Gasteiger partial charge in [0.1, 0.15) is 11.3 Å². The monoisotopic (exact) mass is 573 g/mol. The largest absolute Gasteiger partial charge is 0.494 e. The minimum atomic E-state index is -3.46. The quantitative estimate of drug-likeness (QED) is 0.280. The Morgan fingerprint density at radius 1 is 1.08 bits per heavy atom. The number of carbonyl (C=O) groups is 1. The van der Waals surface area contributed by atoms with Gasteiger partial charge in [-0.3, -0.25) is 9.69 Å². The van der Waals surface area contributed by atoms with Crippen molar-refractivity contribution in [1.82, 2.24) is 9.88 Å². The van der Waals surface area contributed by atoms with E-state index in [0.717, 1.165) is 23.4 Å². The van der Waals surface area contributed by atoms with Gasteiger partial charge in [-0.2, -0.15) is 0 Å². The van der Waals surface area contributed by atoms with Crippen LogP contribution in [0.4, 0.5) is 5.13 Å². The highest BCUT2D eigenvalue weighted by molar-refractivity contribution is 7.91. The van der Waals surface area contributed by atoms with Crippen LogP contribution in [-0.2, 0) is 14.6 Å². The molecule has 11 heteroatoms. The zero-order valence-electron chi connectivity index (χ0n) is 21.0. The van der Waals surface area contributed by atoms with Crippen molar-refractivity contribution in [2.75, 3.05) is 43.9 Å². The molecule has 7 nitrogen and oxygen atoms in total. The predicted octanol–water partition coefficient (Wildman–Crippen LogP) is 5.62. The third kappa shape index (κ3) is 7.32. The zero-order chi connectivity index (χ0) is 25.6. The molecular weight excluding hydrogens is 541 g/mol. The highest BCUT2D eigenvalue weighted by Gasteiger charge is 2.23. The standard InChI is InChI=1S/C25H32ClN3O4S2.ClH/c1-5-28(6-2)15-16-29(25-27-23-21(33-4)14-13-20(26)24(23)34-25)22(30)8-7-17-35(31,32)19-11-9-18(3)10-12-19;/h9-14H,5-8,15-17H2,1-4H3;1H. The van der Waals surface area contributed by atoms with Gasteiger partial charge in [0.2, 0.25) is 5.91 Å². The van der Waals surface area contributed by atoms with Crippen molar-refractivity contribution in [3.8, 4) is 5.75 Å². The van der Waals surface area contributed by atoms with Crippen molar-refractivity contribution < 1.29 is 17.9 Å². The molecule has 0 unspecified atom stereocenters. The van der Waals surface area contributed by atoms with E-state index >= 15 is 0 Å². The average molecular weight is 575 g/mol. The number of methoxy groups -OCH3 is 1. The average Bonchev–Trinajstić information content (AvgIpc) is 3.28. The molecule has 0 atom stereocenters. The molecule has 0 fully saturated rings. The van der Waals surface area contributed by atoms with E-state index in [2.05, 4.69) is 23.7 Å². The lowest BCUT2D eigenvalue weighted by atomic mass is 10.2. The van der Waals surface area contributed by atoms with E-state index in [-0.39, 0.29) is 41.8 Å². The Balaban J connectivity index is 0.00000456. The number of thiazole rings is 1. The number of likely N-dealkylation sites (N-methyl/N-ethyl adjacent to an activating group) is 1. The molecule has 198 valence electrons. The lowest BCUT2D eigenvalue weighted by Gasteiger charge is -2.24. The third-order valence-corrected chi connectivity index (χ3v) is 9.27. The van der Waals surface area contributed by atoms with Crippen LogP contribution >= 0.6 is 35.3 Å². The number of hydrogen-bond donors (Lipinski definition) is 0. The molecule has 1 aromatic heterocycles. The summed E-state index contributed by atoms with van der Waals surface area (Å²) in [7, 11) is -1.89. The molecule has 1 amide bonds. The Morgan fingerprint density at radius 3 is 2.36 bits per heavy atom. The van der Waals surface area contributed by atoms with Gasteiger partial charge in [-0.25, -0.2) is 13.4 Å². The van der Waals surface area contributed by atoms with Crippen LogP contribution in [0.25, 0.3) is 10.2 Å². The van der Waals surface area contributed by atoms with Crippen LogP contribution in [0, 0.1) is 6.92 Å². The van der Waals surface area contributed by atoms with Crippen LogP contribution in [0.1, 0.15) is 32.3 Å². The zero-order valence-corrected chi connectivity index (χ0v) is 24.2. The molecule has 0 saturated carbocycles. The number of hydrogen-bond acceptors (Lipinski definition) is 7. The maximum atomic E-state index is 13.3. The maximum Gasteiger partial charge on any atom is 0.228 e. The van der Waals surface area contributed by atoms with E-state index in [1.165, 1.54) is 11.3 Å². The Morgan fingerprint density at radius 2 is 1.75 bits per heavy atom. The summed E-state index contributed by atoms with van der Waals surface area (Å²) in [4.78, 5) is 22.2. The Bertz CT molecular complexity index is 1260. The first-order valence-corrected chi connectivity index (χ1v) is 14.5. The first kappa shape index (κ1) is 30.3. The summed E-state index contributed by atoms with van der Waals surface area (Å²) in [5.41, 5.74) is 1.61. The number of aryl methyl sites for hydroxylation is 1. The van der Waals surface area contributed by atoms with Crippen LogP contribution in [0.2, 0.25) is 5.02 Å². The second-order valence-electron chi connectivity index (χ2n) is 8.23. The van der Waals surface area contributed by atoms with E-state index in [1.54, 1.807) is 48.4 Å². The smallest absolute Gasteiger partial charge is 0.228 e. The number of aromatic nitrogens is 1. The van der Waals surface area contributed by atoms with Gasteiger partial charge >= 0.3 is 0 Å². The van der Waals surface area contributed by atoms with Crippen LogP contribution in [0.5, 0.6) is 5.75 Å². The van der Waals surface area contributed by atoms with Gasteiger partial charge in [0.05, 0.1) is 27.5 Å². The number of ether oxygens (including phenoxy) is 1. The fourth-order valence-electron chi connectivity index (χ4n) is 3.74. The fraction of sp³-hybridized carbons (Fsp3) is 0.440. The summed E-state index contributed by atoms with van der Waals surface area (Å²) < 4.78 is 31.6. The highest BCUT2D eigenvalue weighted by Crippen LogP contribution is 2.38. The number of carbonyl (C=O) groups excluding carboxylic acids is 1. The number of anilines is 1. The fourth-order valence-corrected chi connectivity index (χ4v) is 6.35. The van der Waals surface area contributed by atoms with Gasteiger partial charge in [0.25, 0.3) is 0 Å². The van der Waals surface area contributed by atoms with E-state index in [1.807, 2.05) is 6.92 Å². The summed E-state index contributed by atoms with van der Waals surface area (Å²) in [6.07, 6.45) is 0.329. The van der Waals surface area contributed by atoms with E-state index in [0.29, 0.717) is 34.5 Å². The van der Waals surface area contributed by atoms with Gasteiger partial charge in [0, 0.05) is 19.5 Å². The number of fused-ring (bicyclic) bond motifs is 1. The van der Waals surface area contributed by atoms with Gasteiger partial charge in [0.15, 0.2) is 15.0 Å². The molecule has 0 aliphatic heterocycles. The minimum absolute atomic E-state index is 0. The molecule has 0 aliphatic carbocycles. The molecule has 1 heterocycles. The highest BCUT2D eigenvalue weighted by atomic mass is 35.5. The molecule has 0 N–H and O–H groups in total. The van der Waals surface area contributed by atoms with E-state index in [4.69, 9.17) is 16.3 Å². The minimum Gasteiger partial charge on any atom is -0.494 e. The number of halogens is 2. The normalized spacial score (nSPS) is 11.5. The Kier molecular flexibility index (Phi) is 11.4. The second kappa shape index (κ2) is 13.6. The van der Waals surface area contributed by atoms with Crippen molar-refractivity contribution in [2.24, 2.45) is 0 Å². The summed E-state index contributed by atoms with van der Waals surface area (Å²) in [6, 6.07) is 10.3. The second-order valence-corrected chi connectivity index (χ2v) is 11.7. The summed E-state index contributed by atoms with van der Waals surface area (Å²) in [5, 5.41) is 1.08. The van der Waals surface area contributed by atoms with Crippen LogP contribution in [-0.4, -0.2) is 63.3 Å². The molecule has 0 aliphatic rings. The molecule has 3 rings (SSSR count). The van der Waals surface area contributed by atoms with Crippen LogP contribution in [0.3, 0.4) is 0 Å². The van der Waals surface area contributed by atoms with Gasteiger partial charge in [-0.1, -0.05) is 54.5 Å². The first-order valence-electron chi connectivity index (χ1n) is 11.6. The van der Waals surface area contributed by atoms with E-state index < -0.39 is 9.84 Å². The maximum absolute atomic E-state index is 13.3. The predicted molar refractivity (Wildman–Crippen MR) is 151 cm³/mol. The van der Waals surface area contributed by atoms with Gasteiger partial charge in [-0.15, -0.1) is 12.4 Å². The van der Waals surface area contributed by atoms with Crippen molar-refractivity contribution in [1.29, 1.82) is 0 Å². The number of rotatable bonds is 12. The summed E-state index contributed by atoms with van der Waals surface area (Å²) in [6.45, 7) is 8.93. The number of nitrogens with zero attached hydrogens (tertiary/aromatic N) is 3. The molecule has 3 aromatic rings. The number of amides is 1. The molecule has 0 spiro atoms. The van der Waals surface area contributed by atoms with Crippen molar-refractivity contribution >= 4 is 66.4 Å². The number of benzene rings is 2. The van der Waals surface area contributed by atoms with Crippen LogP contribution in [0.15, 0.2) is 41.3 Å². The molecular formula is C25H33Cl2N3O4S2. The molecule has 0 radical (unpaired) electrons. The van der Waals surface area contributed by atoms with Crippen LogP contribution < -0.4 is 9.64 Å². The number of sulfone groups is 1.